The summed E-state index contributed by atoms with van der Waals surface area (Å²) in [6.07, 6.45) is 0. The van der Waals surface area contributed by atoms with Gasteiger partial charge in [-0.3, -0.25) is 4.79 Å². The fourth-order valence-corrected chi connectivity index (χ4v) is 1.60. The fraction of sp³-hybridized carbons (Fsp3) is 0. The first-order valence-corrected chi connectivity index (χ1v) is 5.63. The highest BCUT2D eigenvalue weighted by atomic mass is 35.5. The largest absolute Gasteiger partial charge is 0.507 e. The third-order valence-corrected chi connectivity index (χ3v) is 2.73. The van der Waals surface area contributed by atoms with Gasteiger partial charge in [0.2, 0.25) is 0 Å². The van der Waals surface area contributed by atoms with Crippen LogP contribution >= 0.6 is 11.6 Å². The molecule has 19 heavy (non-hydrogen) atoms. The first kappa shape index (κ1) is 13.2. The minimum absolute atomic E-state index is 0.145. The van der Waals surface area contributed by atoms with Crippen LogP contribution in [0.15, 0.2) is 36.4 Å². The van der Waals surface area contributed by atoms with Gasteiger partial charge in [0.1, 0.15) is 17.3 Å². The van der Waals surface area contributed by atoms with Crippen LogP contribution in [0.2, 0.25) is 5.02 Å². The molecule has 0 saturated carbocycles. The molecule has 0 radical (unpaired) electrons. The number of halogens is 2. The zero-order chi connectivity index (χ0) is 14.0. The lowest BCUT2D eigenvalue weighted by Gasteiger charge is -2.07. The Morgan fingerprint density at radius 3 is 2.53 bits per heavy atom. The number of carbonyl (C=O) groups is 1. The summed E-state index contributed by atoms with van der Waals surface area (Å²) in [5, 5.41) is 21.4. The van der Waals surface area contributed by atoms with Crippen LogP contribution in [-0.2, 0) is 0 Å². The van der Waals surface area contributed by atoms with Gasteiger partial charge in [0, 0.05) is 11.8 Å². The van der Waals surface area contributed by atoms with Crippen LogP contribution in [0.5, 0.6) is 11.5 Å². The monoisotopic (exact) mass is 281 g/mol. The third kappa shape index (κ3) is 2.95. The van der Waals surface area contributed by atoms with Crippen LogP contribution in [0, 0.1) is 5.82 Å². The number of hydrogen-bond acceptors (Lipinski definition) is 3. The Bertz CT molecular complexity index is 646. The third-order valence-electron chi connectivity index (χ3n) is 2.41. The molecule has 0 fully saturated rings. The van der Waals surface area contributed by atoms with Crippen LogP contribution in [-0.4, -0.2) is 16.1 Å². The number of benzene rings is 2. The Balaban J connectivity index is 2.25. The van der Waals surface area contributed by atoms with Crippen molar-refractivity contribution >= 4 is 23.2 Å². The van der Waals surface area contributed by atoms with Gasteiger partial charge < -0.3 is 15.5 Å². The van der Waals surface area contributed by atoms with Crippen LogP contribution < -0.4 is 5.32 Å². The van der Waals surface area contributed by atoms with E-state index >= 15 is 0 Å². The Kier molecular flexibility index (Phi) is 3.57. The molecule has 98 valence electrons. The molecule has 0 spiro atoms. The number of aromatic hydroxyl groups is 2. The number of rotatable bonds is 2. The van der Waals surface area contributed by atoms with E-state index in [1.54, 1.807) is 0 Å². The quantitative estimate of drug-likeness (QED) is 0.792. The number of hydrogen-bond donors (Lipinski definition) is 3. The second-order valence-electron chi connectivity index (χ2n) is 3.78. The minimum atomic E-state index is -0.696. The molecule has 0 atom stereocenters. The average Bonchev–Trinajstić information content (AvgIpc) is 2.36. The molecular weight excluding hydrogens is 273 g/mol. The van der Waals surface area contributed by atoms with Crippen molar-refractivity contribution in [1.82, 2.24) is 0 Å². The number of carbonyl (C=O) groups excluding carboxylic acids is 1. The van der Waals surface area contributed by atoms with Gasteiger partial charge in [-0.1, -0.05) is 11.6 Å². The SMILES string of the molecule is O=C(Nc1ccc(Cl)c(O)c1)c1cc(F)ccc1O. The molecule has 2 aromatic rings. The molecule has 4 nitrogen and oxygen atoms in total. The Morgan fingerprint density at radius 1 is 1.11 bits per heavy atom. The Hall–Kier alpha value is -2.27. The number of anilines is 1. The molecule has 0 saturated heterocycles. The number of amides is 1. The summed E-state index contributed by atoms with van der Waals surface area (Å²) < 4.78 is 13.0. The molecule has 0 aromatic heterocycles. The van der Waals surface area contributed by atoms with E-state index in [1.165, 1.54) is 18.2 Å². The van der Waals surface area contributed by atoms with Crippen molar-refractivity contribution in [1.29, 1.82) is 0 Å². The molecular formula is C13H9ClFNO3. The van der Waals surface area contributed by atoms with Crippen LogP contribution in [0.4, 0.5) is 10.1 Å². The second-order valence-corrected chi connectivity index (χ2v) is 4.19. The van der Waals surface area contributed by atoms with Crippen molar-refractivity contribution in [3.63, 3.8) is 0 Å². The van der Waals surface area contributed by atoms with Crippen LogP contribution in [0.25, 0.3) is 0 Å². The molecule has 6 heteroatoms. The number of phenolic OH excluding ortho intramolecular Hbond substituents is 2. The lowest BCUT2D eigenvalue weighted by molar-refractivity contribution is 0.102. The summed E-state index contributed by atoms with van der Waals surface area (Å²) in [7, 11) is 0. The van der Waals surface area contributed by atoms with Gasteiger partial charge >= 0.3 is 0 Å². The van der Waals surface area contributed by atoms with Crippen molar-refractivity contribution in [2.75, 3.05) is 5.32 Å². The normalized spacial score (nSPS) is 10.2. The van der Waals surface area contributed by atoms with Gasteiger partial charge in [-0.2, -0.15) is 0 Å². The molecule has 0 aliphatic carbocycles. The lowest BCUT2D eigenvalue weighted by atomic mass is 10.1. The van der Waals surface area contributed by atoms with E-state index in [2.05, 4.69) is 5.32 Å². The van der Waals surface area contributed by atoms with Crippen LogP contribution in [0.1, 0.15) is 10.4 Å². The molecule has 0 aliphatic rings. The van der Waals surface area contributed by atoms with Gasteiger partial charge in [0.05, 0.1) is 10.6 Å². The summed E-state index contributed by atoms with van der Waals surface area (Å²) in [4.78, 5) is 11.8. The summed E-state index contributed by atoms with van der Waals surface area (Å²) in [6, 6.07) is 7.16. The van der Waals surface area contributed by atoms with Crippen molar-refractivity contribution in [3.05, 3.63) is 52.8 Å². The summed E-state index contributed by atoms with van der Waals surface area (Å²) >= 11 is 5.63. The smallest absolute Gasteiger partial charge is 0.259 e. The van der Waals surface area contributed by atoms with Crippen molar-refractivity contribution in [3.8, 4) is 11.5 Å². The van der Waals surface area contributed by atoms with Gasteiger partial charge in [0.15, 0.2) is 0 Å². The van der Waals surface area contributed by atoms with E-state index in [9.17, 15) is 19.4 Å². The summed E-state index contributed by atoms with van der Waals surface area (Å²) in [5.41, 5.74) is 0.0741. The second kappa shape index (κ2) is 5.16. The first-order chi connectivity index (χ1) is 8.97. The highest BCUT2D eigenvalue weighted by Gasteiger charge is 2.13. The van der Waals surface area contributed by atoms with E-state index in [0.717, 1.165) is 18.2 Å². The van der Waals surface area contributed by atoms with Crippen molar-refractivity contribution in [2.45, 2.75) is 0 Å². The molecule has 2 aromatic carbocycles. The fourth-order valence-electron chi connectivity index (χ4n) is 1.48. The molecule has 1 amide bonds. The minimum Gasteiger partial charge on any atom is -0.507 e. The molecule has 0 bridgehead atoms. The maximum Gasteiger partial charge on any atom is 0.259 e. The standard InChI is InChI=1S/C13H9ClFNO3/c14-10-3-2-8(6-12(10)18)16-13(19)9-5-7(15)1-4-11(9)17/h1-6,17-18H,(H,16,19). The zero-order valence-electron chi connectivity index (χ0n) is 9.52. The van der Waals surface area contributed by atoms with Crippen LogP contribution in [0.3, 0.4) is 0 Å². The van der Waals surface area contributed by atoms with Gasteiger partial charge in [-0.15, -0.1) is 0 Å². The highest BCUT2D eigenvalue weighted by Crippen LogP contribution is 2.27. The van der Waals surface area contributed by atoms with E-state index in [-0.39, 0.29) is 27.8 Å². The lowest BCUT2D eigenvalue weighted by Crippen LogP contribution is -2.12. The van der Waals surface area contributed by atoms with E-state index < -0.39 is 11.7 Å². The van der Waals surface area contributed by atoms with E-state index in [0.29, 0.717) is 0 Å². The van der Waals surface area contributed by atoms with Crippen molar-refractivity contribution in [2.24, 2.45) is 0 Å². The molecule has 3 N–H and O–H groups in total. The maximum atomic E-state index is 13.0. The maximum absolute atomic E-state index is 13.0. The Labute approximate surface area is 113 Å². The number of nitrogens with one attached hydrogen (secondary N) is 1. The first-order valence-electron chi connectivity index (χ1n) is 5.26. The zero-order valence-corrected chi connectivity index (χ0v) is 10.3. The van der Waals surface area contributed by atoms with E-state index in [4.69, 9.17) is 11.6 Å². The van der Waals surface area contributed by atoms with E-state index in [1.807, 2.05) is 0 Å². The molecule has 0 aliphatic heterocycles. The predicted octanol–water partition coefficient (Wildman–Crippen LogP) is 3.14. The van der Waals surface area contributed by atoms with Crippen molar-refractivity contribution < 1.29 is 19.4 Å². The molecule has 0 unspecified atom stereocenters. The van der Waals surface area contributed by atoms with Gasteiger partial charge in [0.25, 0.3) is 5.91 Å². The number of phenols is 2. The highest BCUT2D eigenvalue weighted by molar-refractivity contribution is 6.32. The van der Waals surface area contributed by atoms with Gasteiger partial charge in [-0.25, -0.2) is 4.39 Å². The summed E-state index contributed by atoms with van der Waals surface area (Å²) in [5.74, 6) is -1.86. The predicted molar refractivity (Wildman–Crippen MR) is 69.1 cm³/mol. The molecule has 0 heterocycles. The van der Waals surface area contributed by atoms with Gasteiger partial charge in [-0.05, 0) is 30.3 Å². The molecule has 2 rings (SSSR count). The summed E-state index contributed by atoms with van der Waals surface area (Å²) in [6.45, 7) is 0. The Morgan fingerprint density at radius 2 is 1.84 bits per heavy atom. The average molecular weight is 282 g/mol. The topological polar surface area (TPSA) is 69.6 Å².